The van der Waals surface area contributed by atoms with Gasteiger partial charge in [-0.2, -0.15) is 0 Å². The Labute approximate surface area is 183 Å². The molecule has 0 saturated heterocycles. The maximum absolute atomic E-state index is 12.0. The summed E-state index contributed by atoms with van der Waals surface area (Å²) in [6.45, 7) is 4.10. The minimum absolute atomic E-state index is 0.0136. The van der Waals surface area contributed by atoms with Crippen LogP contribution in [0.15, 0.2) is 66.8 Å². The van der Waals surface area contributed by atoms with Gasteiger partial charge < -0.3 is 10.4 Å². The van der Waals surface area contributed by atoms with Gasteiger partial charge in [0, 0.05) is 12.1 Å². The van der Waals surface area contributed by atoms with Crippen molar-refractivity contribution in [2.24, 2.45) is 0 Å². The second-order valence-corrected chi connectivity index (χ2v) is 7.53. The third-order valence-electron chi connectivity index (χ3n) is 4.72. The molecule has 1 aromatic carbocycles. The lowest BCUT2D eigenvalue weighted by Crippen LogP contribution is -2.11. The van der Waals surface area contributed by atoms with Crippen molar-refractivity contribution in [3.63, 3.8) is 0 Å². The van der Waals surface area contributed by atoms with Crippen LogP contribution in [0, 0.1) is 6.92 Å². The third kappa shape index (κ3) is 13.6. The molecule has 1 aromatic rings. The van der Waals surface area contributed by atoms with Gasteiger partial charge in [-0.15, -0.1) is 0 Å². The van der Waals surface area contributed by atoms with Crippen LogP contribution in [-0.4, -0.2) is 11.0 Å². The molecule has 0 aromatic heterocycles. The van der Waals surface area contributed by atoms with Gasteiger partial charge in [-0.1, -0.05) is 68.4 Å². The number of carbonyl (C=O) groups excluding carboxylic acids is 1. The first-order valence-electron chi connectivity index (χ1n) is 11.3. The summed E-state index contributed by atoms with van der Waals surface area (Å²) < 4.78 is 0. The van der Waals surface area contributed by atoms with Crippen LogP contribution in [0.1, 0.15) is 76.7 Å². The average Bonchev–Trinajstić information content (AvgIpc) is 2.72. The smallest absolute Gasteiger partial charge is 0.224 e. The normalized spacial score (nSPS) is 12.1. The first-order chi connectivity index (χ1) is 14.6. The Morgan fingerprint density at radius 2 is 1.43 bits per heavy atom. The zero-order valence-electron chi connectivity index (χ0n) is 18.8. The molecule has 2 N–H and O–H groups in total. The molecule has 0 spiro atoms. The molecule has 0 radical (unpaired) electrons. The van der Waals surface area contributed by atoms with Gasteiger partial charge in [-0.05, 0) is 75.6 Å². The molecule has 1 rings (SSSR count). The number of nitrogens with one attached hydrogen (secondary N) is 1. The molecule has 0 saturated carbocycles. The number of allylic oxidation sites excluding steroid dienone is 8. The van der Waals surface area contributed by atoms with Crippen LogP contribution in [0.25, 0.3) is 0 Å². The number of anilines is 1. The molecular formula is C27H39NO2. The van der Waals surface area contributed by atoms with Crippen molar-refractivity contribution in [3.8, 4) is 5.75 Å². The number of unbranched alkanes of at least 4 members (excludes halogenated alkanes) is 4. The van der Waals surface area contributed by atoms with Crippen molar-refractivity contribution in [1.82, 2.24) is 0 Å². The van der Waals surface area contributed by atoms with Crippen molar-refractivity contribution in [2.45, 2.75) is 78.1 Å². The SMILES string of the molecule is CCCCC/C=C/C/C=C/C/C=C/C/C=C/CCCC(=O)Nc1ccc(O)cc1C. The largest absolute Gasteiger partial charge is 0.508 e. The molecule has 0 bridgehead atoms. The summed E-state index contributed by atoms with van der Waals surface area (Å²) in [4.78, 5) is 12.0. The maximum Gasteiger partial charge on any atom is 0.224 e. The fourth-order valence-corrected chi connectivity index (χ4v) is 2.94. The van der Waals surface area contributed by atoms with Gasteiger partial charge in [-0.3, -0.25) is 4.79 Å². The molecule has 0 unspecified atom stereocenters. The zero-order chi connectivity index (χ0) is 21.9. The van der Waals surface area contributed by atoms with Gasteiger partial charge in [0.25, 0.3) is 0 Å². The second kappa shape index (κ2) is 17.3. The summed E-state index contributed by atoms with van der Waals surface area (Å²) in [5.41, 5.74) is 1.62. The van der Waals surface area contributed by atoms with E-state index in [9.17, 15) is 9.90 Å². The summed E-state index contributed by atoms with van der Waals surface area (Å²) in [5.74, 6) is 0.228. The average molecular weight is 410 g/mol. The number of amides is 1. The fraction of sp³-hybridized carbons (Fsp3) is 0.444. The van der Waals surface area contributed by atoms with Crippen molar-refractivity contribution < 1.29 is 9.90 Å². The van der Waals surface area contributed by atoms with Crippen LogP contribution in [0.2, 0.25) is 0 Å². The number of rotatable bonds is 15. The predicted octanol–water partition coefficient (Wildman–Crippen LogP) is 7.78. The number of aryl methyl sites for hydroxylation is 1. The molecule has 0 aliphatic heterocycles. The van der Waals surface area contributed by atoms with Crippen LogP contribution in [0.5, 0.6) is 5.75 Å². The molecule has 30 heavy (non-hydrogen) atoms. The van der Waals surface area contributed by atoms with E-state index in [0.717, 1.165) is 43.4 Å². The van der Waals surface area contributed by atoms with Crippen LogP contribution >= 0.6 is 0 Å². The number of hydrogen-bond donors (Lipinski definition) is 2. The highest BCUT2D eigenvalue weighted by molar-refractivity contribution is 5.91. The number of phenolic OH excluding ortho intramolecular Hbond substituents is 1. The Balaban J connectivity index is 2.03. The Hall–Kier alpha value is -2.55. The van der Waals surface area contributed by atoms with Crippen molar-refractivity contribution in [3.05, 3.63) is 72.4 Å². The number of phenols is 1. The molecule has 3 heteroatoms. The fourth-order valence-electron chi connectivity index (χ4n) is 2.94. The highest BCUT2D eigenvalue weighted by atomic mass is 16.3. The molecule has 0 aliphatic carbocycles. The van der Waals surface area contributed by atoms with E-state index in [-0.39, 0.29) is 11.7 Å². The monoisotopic (exact) mass is 409 g/mol. The number of carbonyl (C=O) groups is 1. The van der Waals surface area contributed by atoms with E-state index in [0.29, 0.717) is 6.42 Å². The van der Waals surface area contributed by atoms with Gasteiger partial charge in [0.05, 0.1) is 0 Å². The van der Waals surface area contributed by atoms with Crippen LogP contribution in [0.3, 0.4) is 0 Å². The molecular weight excluding hydrogens is 370 g/mol. The third-order valence-corrected chi connectivity index (χ3v) is 4.72. The molecule has 3 nitrogen and oxygen atoms in total. The van der Waals surface area contributed by atoms with Crippen LogP contribution in [0.4, 0.5) is 5.69 Å². The minimum Gasteiger partial charge on any atom is -0.508 e. The van der Waals surface area contributed by atoms with Crippen molar-refractivity contribution >= 4 is 11.6 Å². The van der Waals surface area contributed by atoms with Gasteiger partial charge >= 0.3 is 0 Å². The maximum atomic E-state index is 12.0. The summed E-state index contributed by atoms with van der Waals surface area (Å²) in [5, 5.41) is 12.3. The van der Waals surface area contributed by atoms with Crippen molar-refractivity contribution in [2.75, 3.05) is 5.32 Å². The Morgan fingerprint density at radius 3 is 2.00 bits per heavy atom. The molecule has 0 aliphatic rings. The Morgan fingerprint density at radius 1 is 0.867 bits per heavy atom. The van der Waals surface area contributed by atoms with E-state index in [1.807, 2.05) is 6.92 Å². The molecule has 1 amide bonds. The van der Waals surface area contributed by atoms with E-state index >= 15 is 0 Å². The lowest BCUT2D eigenvalue weighted by molar-refractivity contribution is -0.116. The van der Waals surface area contributed by atoms with E-state index in [1.165, 1.54) is 25.7 Å². The van der Waals surface area contributed by atoms with E-state index in [2.05, 4.69) is 60.8 Å². The number of aromatic hydroxyl groups is 1. The second-order valence-electron chi connectivity index (χ2n) is 7.53. The highest BCUT2D eigenvalue weighted by Crippen LogP contribution is 2.20. The Bertz CT molecular complexity index is 714. The van der Waals surface area contributed by atoms with Gasteiger partial charge in [0.2, 0.25) is 5.91 Å². The summed E-state index contributed by atoms with van der Waals surface area (Å²) in [6.07, 6.45) is 28.0. The summed E-state index contributed by atoms with van der Waals surface area (Å²) in [7, 11) is 0. The van der Waals surface area contributed by atoms with Gasteiger partial charge in [0.1, 0.15) is 5.75 Å². The quantitative estimate of drug-likeness (QED) is 0.176. The van der Waals surface area contributed by atoms with Crippen molar-refractivity contribution in [1.29, 1.82) is 0 Å². The minimum atomic E-state index is 0.0136. The van der Waals surface area contributed by atoms with Crippen LogP contribution < -0.4 is 5.32 Å². The summed E-state index contributed by atoms with van der Waals surface area (Å²) in [6, 6.07) is 4.96. The highest BCUT2D eigenvalue weighted by Gasteiger charge is 2.04. The van der Waals surface area contributed by atoms with Crippen LogP contribution in [-0.2, 0) is 4.79 Å². The molecule has 0 fully saturated rings. The van der Waals surface area contributed by atoms with Gasteiger partial charge in [-0.25, -0.2) is 0 Å². The summed E-state index contributed by atoms with van der Waals surface area (Å²) >= 11 is 0. The first kappa shape index (κ1) is 25.5. The standard InChI is InChI=1S/C27H39NO2/c1-3-4-5-6-7-8-9-10-11-12-13-14-15-16-17-18-19-20-27(30)28-26-22-21-25(29)23-24(26)2/h7-8,10-11,13-14,16-17,21-23,29H,3-6,9,12,15,18-20H2,1-2H3,(H,28,30)/b8-7+,11-10+,14-13+,17-16+. The topological polar surface area (TPSA) is 49.3 Å². The van der Waals surface area contributed by atoms with E-state index in [4.69, 9.17) is 0 Å². The lowest BCUT2D eigenvalue weighted by atomic mass is 10.1. The predicted molar refractivity (Wildman–Crippen MR) is 130 cm³/mol. The molecule has 0 heterocycles. The lowest BCUT2D eigenvalue weighted by Gasteiger charge is -2.08. The van der Waals surface area contributed by atoms with Gasteiger partial charge in [0.15, 0.2) is 0 Å². The molecule has 164 valence electrons. The van der Waals surface area contributed by atoms with E-state index in [1.54, 1.807) is 18.2 Å². The number of benzene rings is 1. The van der Waals surface area contributed by atoms with E-state index < -0.39 is 0 Å². The number of hydrogen-bond acceptors (Lipinski definition) is 2. The first-order valence-corrected chi connectivity index (χ1v) is 11.3. The zero-order valence-corrected chi connectivity index (χ0v) is 18.8. The molecule has 0 atom stereocenters. The Kier molecular flexibility index (Phi) is 14.7.